The SMILES string of the molecule is CCCC(=O)CC(=O)Nc1ncc(N2CCOCC2)s1. The number of anilines is 2. The van der Waals surface area contributed by atoms with Crippen LogP contribution in [0.15, 0.2) is 6.20 Å². The molecule has 0 aromatic carbocycles. The average Bonchev–Trinajstić information content (AvgIpc) is 2.88. The van der Waals surface area contributed by atoms with Crippen LogP contribution < -0.4 is 10.2 Å². The van der Waals surface area contributed by atoms with Gasteiger partial charge in [-0.25, -0.2) is 4.98 Å². The fraction of sp³-hybridized carbons (Fsp3) is 0.615. The van der Waals surface area contributed by atoms with E-state index in [9.17, 15) is 9.59 Å². The summed E-state index contributed by atoms with van der Waals surface area (Å²) in [6.45, 7) is 5.02. The zero-order valence-corrected chi connectivity index (χ0v) is 12.4. The molecule has 6 nitrogen and oxygen atoms in total. The summed E-state index contributed by atoms with van der Waals surface area (Å²) in [5.41, 5.74) is 0. The molecule has 1 saturated heterocycles. The third-order valence-corrected chi connectivity index (χ3v) is 3.92. The lowest BCUT2D eigenvalue weighted by atomic mass is 10.2. The Bertz CT molecular complexity index is 469. The summed E-state index contributed by atoms with van der Waals surface area (Å²) in [7, 11) is 0. The molecule has 110 valence electrons. The molecule has 0 bridgehead atoms. The normalized spacial score (nSPS) is 15.2. The second kappa shape index (κ2) is 7.35. The van der Waals surface area contributed by atoms with Crippen LogP contribution >= 0.6 is 11.3 Å². The highest BCUT2D eigenvalue weighted by Crippen LogP contribution is 2.27. The first kappa shape index (κ1) is 14.9. The second-order valence-electron chi connectivity index (χ2n) is 4.62. The molecule has 0 unspecified atom stereocenters. The molecule has 20 heavy (non-hydrogen) atoms. The van der Waals surface area contributed by atoms with Gasteiger partial charge in [0, 0.05) is 19.5 Å². The number of thiazole rings is 1. The minimum atomic E-state index is -0.286. The van der Waals surface area contributed by atoms with Crippen LogP contribution in [0.3, 0.4) is 0 Å². The molecule has 7 heteroatoms. The van der Waals surface area contributed by atoms with E-state index in [1.807, 2.05) is 6.92 Å². The first-order chi connectivity index (χ1) is 9.69. The molecule has 1 aromatic rings. The number of amides is 1. The summed E-state index contributed by atoms with van der Waals surface area (Å²) in [5, 5.41) is 4.24. The van der Waals surface area contributed by atoms with Crippen molar-refractivity contribution < 1.29 is 14.3 Å². The van der Waals surface area contributed by atoms with Gasteiger partial charge in [0.15, 0.2) is 5.13 Å². The predicted molar refractivity (Wildman–Crippen MR) is 78.3 cm³/mol. The number of carbonyl (C=O) groups excluding carboxylic acids is 2. The highest BCUT2D eigenvalue weighted by Gasteiger charge is 2.15. The van der Waals surface area contributed by atoms with Gasteiger partial charge in [0.1, 0.15) is 10.8 Å². The van der Waals surface area contributed by atoms with Crippen molar-refractivity contribution >= 4 is 33.2 Å². The van der Waals surface area contributed by atoms with Crippen molar-refractivity contribution in [1.29, 1.82) is 0 Å². The molecule has 1 fully saturated rings. The molecule has 0 saturated carbocycles. The Balaban J connectivity index is 1.85. The van der Waals surface area contributed by atoms with Crippen LogP contribution in [0.5, 0.6) is 0 Å². The fourth-order valence-corrected chi connectivity index (χ4v) is 2.85. The van der Waals surface area contributed by atoms with Crippen LogP contribution in [-0.2, 0) is 14.3 Å². The number of Topliss-reactive ketones (excluding diaryl/α,β-unsaturated/α-hetero) is 1. The van der Waals surface area contributed by atoms with Crippen LogP contribution in [0.1, 0.15) is 26.2 Å². The van der Waals surface area contributed by atoms with Gasteiger partial charge in [-0.3, -0.25) is 9.59 Å². The van der Waals surface area contributed by atoms with Crippen LogP contribution in [0.4, 0.5) is 10.1 Å². The summed E-state index contributed by atoms with van der Waals surface area (Å²) < 4.78 is 5.29. The molecule has 0 radical (unpaired) electrons. The van der Waals surface area contributed by atoms with E-state index in [4.69, 9.17) is 4.74 Å². The Morgan fingerprint density at radius 2 is 2.20 bits per heavy atom. The Hall–Kier alpha value is -1.47. The van der Waals surface area contributed by atoms with Gasteiger partial charge in [-0.15, -0.1) is 0 Å². The van der Waals surface area contributed by atoms with E-state index in [0.29, 0.717) is 24.8 Å². The summed E-state index contributed by atoms with van der Waals surface area (Å²) in [6.07, 6.45) is 2.90. The molecule has 0 spiro atoms. The van der Waals surface area contributed by atoms with E-state index >= 15 is 0 Å². The van der Waals surface area contributed by atoms with E-state index in [0.717, 1.165) is 24.5 Å². The number of nitrogens with one attached hydrogen (secondary N) is 1. The minimum Gasteiger partial charge on any atom is -0.378 e. The molecule has 2 heterocycles. The standard InChI is InChI=1S/C13H19N3O3S/c1-2-3-10(17)8-11(18)15-13-14-9-12(20-13)16-4-6-19-7-5-16/h9H,2-8H2,1H3,(H,14,15,18). The van der Waals surface area contributed by atoms with Crippen molar-refractivity contribution in [2.75, 3.05) is 36.5 Å². The van der Waals surface area contributed by atoms with Gasteiger partial charge in [0.05, 0.1) is 25.8 Å². The predicted octanol–water partition coefficient (Wildman–Crippen LogP) is 1.68. The molecule has 1 aliphatic rings. The molecule has 1 N–H and O–H groups in total. The first-order valence-electron chi connectivity index (χ1n) is 6.79. The molecule has 2 rings (SSSR count). The summed E-state index contributed by atoms with van der Waals surface area (Å²) in [6, 6.07) is 0. The minimum absolute atomic E-state index is 0.0324. The van der Waals surface area contributed by atoms with Gasteiger partial charge in [-0.2, -0.15) is 0 Å². The highest BCUT2D eigenvalue weighted by atomic mass is 32.1. The van der Waals surface area contributed by atoms with Crippen molar-refractivity contribution in [3.63, 3.8) is 0 Å². The van der Waals surface area contributed by atoms with Gasteiger partial charge in [-0.05, 0) is 6.42 Å². The molecule has 0 atom stereocenters. The van der Waals surface area contributed by atoms with Crippen molar-refractivity contribution in [3.05, 3.63) is 6.20 Å². The number of aromatic nitrogens is 1. The largest absolute Gasteiger partial charge is 0.378 e. The number of rotatable bonds is 6. The molecule has 0 aliphatic carbocycles. The number of hydrogen-bond donors (Lipinski definition) is 1. The first-order valence-corrected chi connectivity index (χ1v) is 7.60. The van der Waals surface area contributed by atoms with Crippen molar-refractivity contribution in [3.8, 4) is 0 Å². The van der Waals surface area contributed by atoms with Crippen LogP contribution in [-0.4, -0.2) is 43.0 Å². The average molecular weight is 297 g/mol. The fourth-order valence-electron chi connectivity index (χ4n) is 1.96. The number of ether oxygens (including phenoxy) is 1. The van der Waals surface area contributed by atoms with Crippen LogP contribution in [0, 0.1) is 0 Å². The van der Waals surface area contributed by atoms with Crippen molar-refractivity contribution in [1.82, 2.24) is 4.98 Å². The van der Waals surface area contributed by atoms with Crippen molar-refractivity contribution in [2.45, 2.75) is 26.2 Å². The molecular formula is C13H19N3O3S. The molecule has 1 amide bonds. The van der Waals surface area contributed by atoms with Crippen LogP contribution in [0.2, 0.25) is 0 Å². The smallest absolute Gasteiger partial charge is 0.233 e. The van der Waals surface area contributed by atoms with Gasteiger partial charge < -0.3 is 15.0 Å². The zero-order chi connectivity index (χ0) is 14.4. The third kappa shape index (κ3) is 4.28. The Kier molecular flexibility index (Phi) is 5.49. The Morgan fingerprint density at radius 3 is 2.90 bits per heavy atom. The maximum atomic E-state index is 11.7. The van der Waals surface area contributed by atoms with E-state index in [-0.39, 0.29) is 18.1 Å². The highest BCUT2D eigenvalue weighted by molar-refractivity contribution is 7.19. The summed E-state index contributed by atoms with van der Waals surface area (Å²) in [4.78, 5) is 29.4. The monoisotopic (exact) mass is 297 g/mol. The lowest BCUT2D eigenvalue weighted by Gasteiger charge is -2.26. The summed E-state index contributed by atoms with van der Waals surface area (Å²) >= 11 is 1.42. The number of nitrogens with zero attached hydrogens (tertiary/aromatic N) is 2. The molecular weight excluding hydrogens is 278 g/mol. The van der Waals surface area contributed by atoms with Gasteiger partial charge in [-0.1, -0.05) is 18.3 Å². The van der Waals surface area contributed by atoms with Gasteiger partial charge in [0.25, 0.3) is 0 Å². The zero-order valence-electron chi connectivity index (χ0n) is 11.6. The van der Waals surface area contributed by atoms with E-state index in [1.165, 1.54) is 11.3 Å². The topological polar surface area (TPSA) is 71.5 Å². The second-order valence-corrected chi connectivity index (χ2v) is 5.63. The quantitative estimate of drug-likeness (QED) is 0.809. The third-order valence-electron chi connectivity index (χ3n) is 2.95. The number of ketones is 1. The number of morpholine rings is 1. The van der Waals surface area contributed by atoms with E-state index < -0.39 is 0 Å². The number of hydrogen-bond acceptors (Lipinski definition) is 6. The lowest BCUT2D eigenvalue weighted by Crippen LogP contribution is -2.35. The maximum Gasteiger partial charge on any atom is 0.233 e. The van der Waals surface area contributed by atoms with E-state index in [1.54, 1.807) is 6.20 Å². The Labute approximate surface area is 122 Å². The molecule has 1 aliphatic heterocycles. The maximum absolute atomic E-state index is 11.7. The lowest BCUT2D eigenvalue weighted by molar-refractivity contribution is -0.125. The van der Waals surface area contributed by atoms with Crippen molar-refractivity contribution in [2.24, 2.45) is 0 Å². The van der Waals surface area contributed by atoms with Crippen LogP contribution in [0.25, 0.3) is 0 Å². The number of carbonyl (C=O) groups is 2. The van der Waals surface area contributed by atoms with Gasteiger partial charge in [0.2, 0.25) is 5.91 Å². The Morgan fingerprint density at radius 1 is 1.45 bits per heavy atom. The summed E-state index contributed by atoms with van der Waals surface area (Å²) in [5.74, 6) is -0.318. The van der Waals surface area contributed by atoms with Gasteiger partial charge >= 0.3 is 0 Å². The van der Waals surface area contributed by atoms with E-state index in [2.05, 4.69) is 15.2 Å². The molecule has 1 aromatic heterocycles.